The van der Waals surface area contributed by atoms with Crippen LogP contribution in [0.25, 0.3) is 10.9 Å². The number of H-pyrrole nitrogens is 1. The van der Waals surface area contributed by atoms with Crippen molar-refractivity contribution >= 4 is 52.7 Å². The number of carboxylic acid groups (broad SMARTS) is 4. The summed E-state index contributed by atoms with van der Waals surface area (Å²) in [6.45, 7) is 5.95. The fraction of sp³-hybridized carbons (Fsp3) is 0.372. The minimum Gasteiger partial charge on any atom is -0.508 e. The average Bonchev–Trinajstić information content (AvgIpc) is 3.98. The quantitative estimate of drug-likeness (QED) is 0.0762. The number of aromatic hydroxyl groups is 1. The van der Waals surface area contributed by atoms with Crippen molar-refractivity contribution in [3.63, 3.8) is 0 Å². The number of aliphatic carboxylic acids is 4. The third kappa shape index (κ3) is 20.0. The second kappa shape index (κ2) is 25.8. The standard InChI is InChI=1S/C14H19NO5.C11H12N2O2.C9H11NO2.C5H9NO2.C4H5NO3/c1-14(2,3)20-13(19)15-11(12(17)18)8-9-4-6-10(16)7-5-9;12-9(11(14)15)5-7-6-13-10-4-2-1-3-8(7)10;10-8(9(11)12)6-7-4-2-1-3-5-7;7-5(8)4-2-1-3-6-4;6-3-1-2-4(7)5(3)8/h4-7,11,16H,8H2,1-3H3,(H,15,19)(H,17,18);1-4,6,9,13H,5,12H2,(H,14,15);1-5,8H,6,10H2,(H,11,12);4,6H,1-3H2,(H,7,8);8H,1-2H2/t;;;4-;/m...1./s1. The molecule has 3 aromatic carbocycles. The fourth-order valence-electron chi connectivity index (χ4n) is 5.56. The number of nitrogens with zero attached hydrogens (tertiary/aromatic N) is 1. The molecule has 13 N–H and O–H groups in total. The van der Waals surface area contributed by atoms with Crippen LogP contribution in [0.1, 0.15) is 63.1 Å². The molecule has 2 saturated heterocycles. The number of benzene rings is 3. The third-order valence-corrected chi connectivity index (χ3v) is 8.80. The number of aromatic nitrogens is 1. The molecular formula is C43H56N6O14. The number of carbonyl (C=O) groups is 7. The highest BCUT2D eigenvalue weighted by Gasteiger charge is 2.27. The van der Waals surface area contributed by atoms with Crippen LogP contribution in [-0.4, -0.2) is 119 Å². The summed E-state index contributed by atoms with van der Waals surface area (Å²) in [5, 5.41) is 58.6. The van der Waals surface area contributed by atoms with E-state index in [1.54, 1.807) is 32.9 Å². The number of nitrogens with one attached hydrogen (secondary N) is 3. The highest BCUT2D eigenvalue weighted by molar-refractivity contribution is 6.00. The van der Waals surface area contributed by atoms with Gasteiger partial charge in [-0.05, 0) is 81.5 Å². The van der Waals surface area contributed by atoms with Gasteiger partial charge < -0.3 is 57.4 Å². The Bertz CT molecular complexity index is 2100. The zero-order valence-electron chi connectivity index (χ0n) is 35.1. The van der Waals surface area contributed by atoms with Crippen molar-refractivity contribution < 1.29 is 69.0 Å². The smallest absolute Gasteiger partial charge is 0.408 e. The predicted octanol–water partition coefficient (Wildman–Crippen LogP) is 3.02. The Hall–Kier alpha value is -6.87. The van der Waals surface area contributed by atoms with Crippen molar-refractivity contribution in [1.29, 1.82) is 0 Å². The molecule has 2 aliphatic rings. The number of para-hydroxylation sites is 1. The van der Waals surface area contributed by atoms with Crippen molar-refractivity contribution in [2.24, 2.45) is 11.5 Å². The van der Waals surface area contributed by atoms with Gasteiger partial charge in [0.15, 0.2) is 0 Å². The number of hydrogen-bond donors (Lipinski definition) is 11. The van der Waals surface area contributed by atoms with Crippen LogP contribution in [0.3, 0.4) is 0 Å². The molecule has 0 radical (unpaired) electrons. The van der Waals surface area contributed by atoms with Gasteiger partial charge in [0.25, 0.3) is 11.8 Å². The Labute approximate surface area is 362 Å². The molecule has 20 nitrogen and oxygen atoms in total. The second-order valence-corrected chi connectivity index (χ2v) is 15.1. The Kier molecular flexibility index (Phi) is 21.4. The summed E-state index contributed by atoms with van der Waals surface area (Å²) in [5.74, 6) is -4.71. The van der Waals surface area contributed by atoms with Gasteiger partial charge in [-0.2, -0.15) is 5.06 Å². The number of ether oxygens (including phenoxy) is 1. The van der Waals surface area contributed by atoms with Gasteiger partial charge in [-0.15, -0.1) is 0 Å². The molecule has 342 valence electrons. The van der Waals surface area contributed by atoms with Crippen molar-refractivity contribution in [1.82, 2.24) is 20.7 Å². The summed E-state index contributed by atoms with van der Waals surface area (Å²) < 4.78 is 5.02. The summed E-state index contributed by atoms with van der Waals surface area (Å²) >= 11 is 0. The van der Waals surface area contributed by atoms with Crippen LogP contribution >= 0.6 is 0 Å². The highest BCUT2D eigenvalue weighted by Crippen LogP contribution is 2.19. The first-order chi connectivity index (χ1) is 29.6. The van der Waals surface area contributed by atoms with E-state index < -0.39 is 65.5 Å². The van der Waals surface area contributed by atoms with E-state index in [4.69, 9.17) is 46.9 Å². The third-order valence-electron chi connectivity index (χ3n) is 8.80. The van der Waals surface area contributed by atoms with Gasteiger partial charge in [-0.25, -0.2) is 9.59 Å². The molecule has 4 atom stereocenters. The Morgan fingerprint density at radius 3 is 1.78 bits per heavy atom. The van der Waals surface area contributed by atoms with E-state index in [9.17, 15) is 33.6 Å². The zero-order chi connectivity index (χ0) is 47.3. The first-order valence-electron chi connectivity index (χ1n) is 19.6. The number of hydrogen-bond acceptors (Lipinski definition) is 13. The van der Waals surface area contributed by atoms with Crippen molar-refractivity contribution in [2.75, 3.05) is 6.54 Å². The lowest BCUT2D eigenvalue weighted by Gasteiger charge is -2.22. The van der Waals surface area contributed by atoms with E-state index in [2.05, 4.69) is 15.6 Å². The molecule has 3 unspecified atom stereocenters. The van der Waals surface area contributed by atoms with Crippen LogP contribution in [0.15, 0.2) is 85.1 Å². The number of fused-ring (bicyclic) bond motifs is 1. The van der Waals surface area contributed by atoms with Crippen LogP contribution in [0.2, 0.25) is 0 Å². The summed E-state index contributed by atoms with van der Waals surface area (Å²) in [7, 11) is 0. The molecule has 2 aliphatic heterocycles. The van der Waals surface area contributed by atoms with Crippen molar-refractivity contribution in [3.8, 4) is 5.75 Å². The topological polar surface area (TPSA) is 345 Å². The second-order valence-electron chi connectivity index (χ2n) is 15.1. The van der Waals surface area contributed by atoms with Crippen LogP contribution in [0.5, 0.6) is 5.75 Å². The van der Waals surface area contributed by atoms with Gasteiger partial charge in [0.1, 0.15) is 35.5 Å². The molecule has 0 bridgehead atoms. The summed E-state index contributed by atoms with van der Waals surface area (Å²) in [6, 6.07) is 20.2. The number of carboxylic acids is 4. The molecular weight excluding hydrogens is 825 g/mol. The van der Waals surface area contributed by atoms with Gasteiger partial charge in [-0.3, -0.25) is 29.2 Å². The molecule has 20 heteroatoms. The van der Waals surface area contributed by atoms with Gasteiger partial charge in [0.2, 0.25) is 0 Å². The van der Waals surface area contributed by atoms with Crippen LogP contribution < -0.4 is 22.1 Å². The molecule has 63 heavy (non-hydrogen) atoms. The number of rotatable bonds is 11. The van der Waals surface area contributed by atoms with Crippen molar-refractivity contribution in [2.45, 2.75) is 95.5 Å². The van der Waals surface area contributed by atoms with Gasteiger partial charge in [0.05, 0.1) is 0 Å². The lowest BCUT2D eigenvalue weighted by molar-refractivity contribution is -0.171. The van der Waals surface area contributed by atoms with E-state index >= 15 is 0 Å². The Morgan fingerprint density at radius 1 is 0.778 bits per heavy atom. The lowest BCUT2D eigenvalue weighted by atomic mass is 10.1. The normalized spacial score (nSPS) is 15.6. The number of nitrogens with two attached hydrogens (primary N) is 2. The SMILES string of the molecule is CC(C)(C)OC(=O)NC(Cc1ccc(O)cc1)C(=O)O.NC(Cc1c[nH]c2ccccc12)C(=O)O.NC(Cc1ccccc1)C(=O)O.O=C(O)[C@H]1CCCN1.O=C1CCC(=O)N1O. The number of carbonyl (C=O) groups excluding carboxylic acids is 3. The van der Waals surface area contributed by atoms with E-state index in [1.165, 1.54) is 12.1 Å². The molecule has 6 rings (SSSR count). The molecule has 3 amide bonds. The fourth-order valence-corrected chi connectivity index (χ4v) is 5.56. The average molecular weight is 881 g/mol. The first kappa shape index (κ1) is 52.3. The van der Waals surface area contributed by atoms with Crippen molar-refractivity contribution in [3.05, 3.63) is 102 Å². The lowest BCUT2D eigenvalue weighted by Crippen LogP contribution is -2.44. The molecule has 4 aromatic rings. The van der Waals surface area contributed by atoms with E-state index in [-0.39, 0.29) is 36.1 Å². The maximum Gasteiger partial charge on any atom is 0.408 e. The number of hydroxylamine groups is 2. The molecule has 0 spiro atoms. The van der Waals surface area contributed by atoms with E-state index in [0.717, 1.165) is 41.4 Å². The number of aromatic amines is 1. The minimum absolute atomic E-state index is 0.0979. The molecule has 1 aromatic heterocycles. The van der Waals surface area contributed by atoms with Crippen LogP contribution in [0.4, 0.5) is 4.79 Å². The van der Waals surface area contributed by atoms with E-state index in [1.807, 2.05) is 60.8 Å². The largest absolute Gasteiger partial charge is 0.508 e. The Morgan fingerprint density at radius 2 is 1.32 bits per heavy atom. The first-order valence-corrected chi connectivity index (χ1v) is 19.6. The van der Waals surface area contributed by atoms with E-state index in [0.29, 0.717) is 18.4 Å². The number of phenols is 1. The molecule has 3 heterocycles. The number of alkyl carbamates (subject to hydrolysis) is 1. The maximum absolute atomic E-state index is 11.6. The molecule has 0 saturated carbocycles. The highest BCUT2D eigenvalue weighted by atomic mass is 16.6. The molecule has 2 fully saturated rings. The summed E-state index contributed by atoms with van der Waals surface area (Å²) in [5.41, 5.74) is 13.7. The monoisotopic (exact) mass is 880 g/mol. The summed E-state index contributed by atoms with van der Waals surface area (Å²) in [6.07, 6.45) is 3.96. The number of imide groups is 1. The van der Waals surface area contributed by atoms with Crippen LogP contribution in [0, 0.1) is 0 Å². The van der Waals surface area contributed by atoms with Gasteiger partial charge >= 0.3 is 30.0 Å². The predicted molar refractivity (Wildman–Crippen MR) is 228 cm³/mol. The number of phenolic OH excluding ortho intramolecular Hbond substituents is 1. The zero-order valence-corrected chi connectivity index (χ0v) is 35.1. The van der Waals surface area contributed by atoms with Gasteiger partial charge in [0, 0.05) is 42.8 Å². The number of amides is 3. The maximum atomic E-state index is 11.6. The molecule has 0 aliphatic carbocycles. The van der Waals surface area contributed by atoms with Gasteiger partial charge in [-0.1, -0.05) is 60.7 Å². The summed E-state index contributed by atoms with van der Waals surface area (Å²) in [4.78, 5) is 77.4. The Balaban J connectivity index is 0.000000283. The minimum atomic E-state index is -1.15. The van der Waals surface area contributed by atoms with Crippen LogP contribution in [-0.2, 0) is 52.8 Å².